The molecule has 0 fully saturated rings. The maximum absolute atomic E-state index is 11.5. The van der Waals surface area contributed by atoms with Gasteiger partial charge in [-0.3, -0.25) is 9.78 Å². The summed E-state index contributed by atoms with van der Waals surface area (Å²) in [6, 6.07) is 5.62. The van der Waals surface area contributed by atoms with Crippen molar-refractivity contribution in [1.82, 2.24) is 15.3 Å². The normalized spacial score (nSPS) is 10.1. The summed E-state index contributed by atoms with van der Waals surface area (Å²) < 4.78 is 0. The summed E-state index contributed by atoms with van der Waals surface area (Å²) in [5.74, 6) is -0.0813. The van der Waals surface area contributed by atoms with Crippen molar-refractivity contribution in [2.45, 2.75) is 6.92 Å². The zero-order valence-corrected chi connectivity index (χ0v) is 9.62. The number of pyridine rings is 1. The Morgan fingerprint density at radius 2 is 2.31 bits per heavy atom. The van der Waals surface area contributed by atoms with Gasteiger partial charge in [0, 0.05) is 12.7 Å². The molecule has 2 heterocycles. The molecule has 2 aromatic rings. The van der Waals surface area contributed by atoms with Crippen LogP contribution >= 0.6 is 11.3 Å². The smallest absolute Gasteiger partial charge is 0.263 e. The monoisotopic (exact) mass is 233 g/mol. The summed E-state index contributed by atoms with van der Waals surface area (Å²) in [4.78, 5) is 20.5. The molecule has 0 spiro atoms. The van der Waals surface area contributed by atoms with Gasteiger partial charge in [0.25, 0.3) is 5.91 Å². The van der Waals surface area contributed by atoms with Crippen molar-refractivity contribution in [3.8, 4) is 10.7 Å². The fraction of sp³-hybridized carbons (Fsp3) is 0.182. The number of thiazole rings is 1. The van der Waals surface area contributed by atoms with Crippen LogP contribution in [0.3, 0.4) is 0 Å². The van der Waals surface area contributed by atoms with Crippen LogP contribution in [0.5, 0.6) is 0 Å². The minimum absolute atomic E-state index is 0.0813. The van der Waals surface area contributed by atoms with Gasteiger partial charge < -0.3 is 5.32 Å². The highest BCUT2D eigenvalue weighted by Gasteiger charge is 2.10. The molecule has 82 valence electrons. The second-order valence-corrected chi connectivity index (χ2v) is 4.13. The fourth-order valence-corrected chi connectivity index (χ4v) is 2.04. The van der Waals surface area contributed by atoms with Crippen LogP contribution in [0.25, 0.3) is 10.7 Å². The van der Waals surface area contributed by atoms with Crippen LogP contribution in [0.1, 0.15) is 16.6 Å². The molecule has 1 N–H and O–H groups in total. The molecular weight excluding hydrogens is 222 g/mol. The summed E-state index contributed by atoms with van der Waals surface area (Å²) in [6.07, 6.45) is 3.29. The Bertz CT molecular complexity index is 481. The number of hydrogen-bond acceptors (Lipinski definition) is 4. The third kappa shape index (κ3) is 2.25. The first kappa shape index (κ1) is 10.8. The van der Waals surface area contributed by atoms with Crippen LogP contribution in [-0.4, -0.2) is 22.4 Å². The molecule has 16 heavy (non-hydrogen) atoms. The zero-order chi connectivity index (χ0) is 11.4. The van der Waals surface area contributed by atoms with Crippen LogP contribution in [0.4, 0.5) is 0 Å². The number of carbonyl (C=O) groups is 1. The lowest BCUT2D eigenvalue weighted by Gasteiger charge is -1.96. The Morgan fingerprint density at radius 1 is 1.44 bits per heavy atom. The van der Waals surface area contributed by atoms with Crippen molar-refractivity contribution in [2.75, 3.05) is 6.54 Å². The van der Waals surface area contributed by atoms with Crippen molar-refractivity contribution in [1.29, 1.82) is 0 Å². The maximum Gasteiger partial charge on any atom is 0.263 e. The molecule has 0 bridgehead atoms. The predicted molar refractivity (Wildman–Crippen MR) is 63.4 cm³/mol. The molecular formula is C11H11N3OS. The Hall–Kier alpha value is -1.75. The van der Waals surface area contributed by atoms with Gasteiger partial charge in [0.2, 0.25) is 0 Å². The molecule has 4 nitrogen and oxygen atoms in total. The van der Waals surface area contributed by atoms with E-state index in [1.54, 1.807) is 12.4 Å². The SMILES string of the molecule is CCNC(=O)c1cnc(-c2ccccn2)s1. The highest BCUT2D eigenvalue weighted by Crippen LogP contribution is 2.22. The molecule has 0 atom stereocenters. The van der Waals surface area contributed by atoms with Crippen molar-refractivity contribution in [3.63, 3.8) is 0 Å². The fourth-order valence-electron chi connectivity index (χ4n) is 1.23. The topological polar surface area (TPSA) is 54.9 Å². The van der Waals surface area contributed by atoms with E-state index < -0.39 is 0 Å². The van der Waals surface area contributed by atoms with Gasteiger partial charge in [-0.2, -0.15) is 0 Å². The first-order valence-electron chi connectivity index (χ1n) is 4.96. The van der Waals surface area contributed by atoms with E-state index in [0.717, 1.165) is 10.7 Å². The molecule has 0 aliphatic rings. The van der Waals surface area contributed by atoms with Crippen LogP contribution in [0.2, 0.25) is 0 Å². The number of hydrogen-bond donors (Lipinski definition) is 1. The quantitative estimate of drug-likeness (QED) is 0.881. The summed E-state index contributed by atoms with van der Waals surface area (Å²) in [5.41, 5.74) is 0.794. The second-order valence-electron chi connectivity index (χ2n) is 3.10. The maximum atomic E-state index is 11.5. The third-order valence-electron chi connectivity index (χ3n) is 1.95. The van der Waals surface area contributed by atoms with Gasteiger partial charge in [0.1, 0.15) is 9.88 Å². The van der Waals surface area contributed by atoms with E-state index in [0.29, 0.717) is 11.4 Å². The Labute approximate surface area is 97.4 Å². The molecule has 0 saturated carbocycles. The zero-order valence-electron chi connectivity index (χ0n) is 8.80. The number of nitrogens with zero attached hydrogens (tertiary/aromatic N) is 2. The molecule has 5 heteroatoms. The van der Waals surface area contributed by atoms with E-state index in [1.807, 2.05) is 25.1 Å². The number of rotatable bonds is 3. The number of aromatic nitrogens is 2. The molecule has 2 rings (SSSR count). The van der Waals surface area contributed by atoms with Crippen LogP contribution < -0.4 is 5.32 Å². The Kier molecular flexibility index (Phi) is 3.26. The van der Waals surface area contributed by atoms with Gasteiger partial charge in [0.15, 0.2) is 0 Å². The van der Waals surface area contributed by atoms with Gasteiger partial charge in [-0.05, 0) is 19.1 Å². The number of amides is 1. The van der Waals surface area contributed by atoms with Crippen LogP contribution in [0, 0.1) is 0 Å². The molecule has 2 aromatic heterocycles. The summed E-state index contributed by atoms with van der Waals surface area (Å²) in [5, 5.41) is 3.50. The first-order chi connectivity index (χ1) is 7.81. The minimum Gasteiger partial charge on any atom is -0.352 e. The second kappa shape index (κ2) is 4.85. The van der Waals surface area contributed by atoms with E-state index in [9.17, 15) is 4.79 Å². The van der Waals surface area contributed by atoms with Gasteiger partial charge in [-0.1, -0.05) is 6.07 Å². The lowest BCUT2D eigenvalue weighted by atomic mass is 10.4. The third-order valence-corrected chi connectivity index (χ3v) is 2.97. The highest BCUT2D eigenvalue weighted by atomic mass is 32.1. The highest BCUT2D eigenvalue weighted by molar-refractivity contribution is 7.16. The molecule has 0 unspecified atom stereocenters. The molecule has 0 aliphatic heterocycles. The summed E-state index contributed by atoms with van der Waals surface area (Å²) in [6.45, 7) is 2.51. The van der Waals surface area contributed by atoms with Gasteiger partial charge in [-0.15, -0.1) is 11.3 Å². The minimum atomic E-state index is -0.0813. The molecule has 0 aliphatic carbocycles. The largest absolute Gasteiger partial charge is 0.352 e. The summed E-state index contributed by atoms with van der Waals surface area (Å²) >= 11 is 1.35. The van der Waals surface area contributed by atoms with Gasteiger partial charge >= 0.3 is 0 Å². The van der Waals surface area contributed by atoms with Crippen molar-refractivity contribution in [3.05, 3.63) is 35.5 Å². The van der Waals surface area contributed by atoms with E-state index in [4.69, 9.17) is 0 Å². The lowest BCUT2D eigenvalue weighted by molar-refractivity contribution is 0.0959. The number of nitrogens with one attached hydrogen (secondary N) is 1. The average Bonchev–Trinajstić information content (AvgIpc) is 2.80. The van der Waals surface area contributed by atoms with Gasteiger partial charge in [-0.25, -0.2) is 4.98 Å². The van der Waals surface area contributed by atoms with Crippen LogP contribution in [0.15, 0.2) is 30.6 Å². The average molecular weight is 233 g/mol. The van der Waals surface area contributed by atoms with E-state index in [-0.39, 0.29) is 5.91 Å². The van der Waals surface area contributed by atoms with E-state index in [2.05, 4.69) is 15.3 Å². The molecule has 0 aromatic carbocycles. The predicted octanol–water partition coefficient (Wildman–Crippen LogP) is 1.95. The summed E-state index contributed by atoms with van der Waals surface area (Å²) in [7, 11) is 0. The Morgan fingerprint density at radius 3 is 3.00 bits per heavy atom. The number of carbonyl (C=O) groups excluding carboxylic acids is 1. The molecule has 1 amide bonds. The van der Waals surface area contributed by atoms with Crippen molar-refractivity contribution < 1.29 is 4.79 Å². The van der Waals surface area contributed by atoms with E-state index >= 15 is 0 Å². The van der Waals surface area contributed by atoms with Gasteiger partial charge in [0.05, 0.1) is 11.9 Å². The van der Waals surface area contributed by atoms with Crippen molar-refractivity contribution >= 4 is 17.2 Å². The molecule has 0 saturated heterocycles. The standard InChI is InChI=1S/C11H11N3OS/c1-2-12-10(15)9-7-14-11(16-9)8-5-3-4-6-13-8/h3-7H,2H2,1H3,(H,12,15). The van der Waals surface area contributed by atoms with E-state index in [1.165, 1.54) is 11.3 Å². The Balaban J connectivity index is 2.23. The molecule has 0 radical (unpaired) electrons. The van der Waals surface area contributed by atoms with Crippen LogP contribution in [-0.2, 0) is 0 Å². The lowest BCUT2D eigenvalue weighted by Crippen LogP contribution is -2.21. The first-order valence-corrected chi connectivity index (χ1v) is 5.78. The van der Waals surface area contributed by atoms with Crippen molar-refractivity contribution in [2.24, 2.45) is 0 Å².